The van der Waals surface area contributed by atoms with E-state index in [2.05, 4.69) is 0 Å². The van der Waals surface area contributed by atoms with Gasteiger partial charge in [0.2, 0.25) is 0 Å². The van der Waals surface area contributed by atoms with Gasteiger partial charge in [-0.3, -0.25) is 4.79 Å². The molecule has 1 saturated heterocycles. The first kappa shape index (κ1) is 21.8. The quantitative estimate of drug-likeness (QED) is 0.524. The fraction of sp³-hybridized carbons (Fsp3) is 0.375. The number of hydrogen-bond donors (Lipinski definition) is 0. The van der Waals surface area contributed by atoms with Gasteiger partial charge in [0.25, 0.3) is 11.5 Å². The average Bonchev–Trinajstić information content (AvgIpc) is 3.03. The van der Waals surface area contributed by atoms with Crippen molar-refractivity contribution in [3.63, 3.8) is 0 Å². The van der Waals surface area contributed by atoms with E-state index in [-0.39, 0.29) is 32.0 Å². The van der Waals surface area contributed by atoms with Crippen molar-refractivity contribution in [2.75, 3.05) is 30.2 Å². The van der Waals surface area contributed by atoms with E-state index in [0.717, 1.165) is 11.3 Å². The number of benzene rings is 2. The maximum Gasteiger partial charge on any atom is 0.353 e. The number of carbonyl (C=O) groups excluding carboxylic acids is 3. The molecule has 0 bridgehead atoms. The molecule has 4 rings (SSSR count). The number of ether oxygens (including phenoxy) is 2. The molecule has 2 heterocycles. The lowest BCUT2D eigenvalue weighted by Crippen LogP contribution is -2.66. The second-order valence-corrected chi connectivity index (χ2v) is 7.73. The SMILES string of the molecule is CCOC(=O)C1(C(=O)OCC)CCC2(C(=O)N(C)c3ccccc32)N(c2ccccc2)O1. The molecule has 0 aromatic heterocycles. The molecule has 0 aliphatic carbocycles. The summed E-state index contributed by atoms with van der Waals surface area (Å²) in [6.45, 7) is 3.46. The lowest BCUT2D eigenvalue weighted by Gasteiger charge is -2.49. The number of likely N-dealkylation sites (N-methyl/N-ethyl adjacent to an activating group) is 1. The third-order valence-electron chi connectivity index (χ3n) is 6.00. The number of hydroxylamine groups is 1. The smallest absolute Gasteiger partial charge is 0.353 e. The number of rotatable bonds is 5. The van der Waals surface area contributed by atoms with E-state index >= 15 is 0 Å². The third-order valence-corrected chi connectivity index (χ3v) is 6.00. The van der Waals surface area contributed by atoms with Crippen LogP contribution in [-0.4, -0.2) is 43.7 Å². The van der Waals surface area contributed by atoms with Gasteiger partial charge in [0.15, 0.2) is 5.54 Å². The largest absolute Gasteiger partial charge is 0.463 e. The second-order valence-electron chi connectivity index (χ2n) is 7.73. The number of carbonyl (C=O) groups is 3. The maximum atomic E-state index is 13.7. The lowest BCUT2D eigenvalue weighted by molar-refractivity contribution is -0.206. The molecule has 0 N–H and O–H groups in total. The van der Waals surface area contributed by atoms with Crippen molar-refractivity contribution in [2.24, 2.45) is 0 Å². The van der Waals surface area contributed by atoms with Crippen LogP contribution in [0.25, 0.3) is 0 Å². The molecule has 2 aliphatic heterocycles. The summed E-state index contributed by atoms with van der Waals surface area (Å²) in [6, 6.07) is 16.4. The van der Waals surface area contributed by atoms with E-state index in [1.54, 1.807) is 50.1 Å². The summed E-state index contributed by atoms with van der Waals surface area (Å²) >= 11 is 0. The maximum absolute atomic E-state index is 13.7. The summed E-state index contributed by atoms with van der Waals surface area (Å²) < 4.78 is 10.4. The molecule has 8 heteroatoms. The number of amides is 1. The van der Waals surface area contributed by atoms with Gasteiger partial charge < -0.3 is 14.4 Å². The fourth-order valence-electron chi connectivity index (χ4n) is 4.49. The molecule has 2 aliphatic rings. The number of para-hydroxylation sites is 2. The van der Waals surface area contributed by atoms with Crippen LogP contribution in [0.3, 0.4) is 0 Å². The Hall–Kier alpha value is -3.39. The van der Waals surface area contributed by atoms with E-state index in [1.165, 1.54) is 5.06 Å². The number of esters is 2. The fourth-order valence-corrected chi connectivity index (χ4v) is 4.49. The molecular formula is C24H26N2O6. The van der Waals surface area contributed by atoms with Gasteiger partial charge in [0.1, 0.15) is 0 Å². The van der Waals surface area contributed by atoms with Crippen LogP contribution in [0.4, 0.5) is 11.4 Å². The van der Waals surface area contributed by atoms with Crippen molar-refractivity contribution in [3.05, 3.63) is 60.2 Å². The van der Waals surface area contributed by atoms with Crippen molar-refractivity contribution in [1.82, 2.24) is 0 Å². The number of anilines is 2. The summed E-state index contributed by atoms with van der Waals surface area (Å²) in [5.41, 5.74) is -1.22. The number of fused-ring (bicyclic) bond motifs is 2. The molecule has 32 heavy (non-hydrogen) atoms. The van der Waals surface area contributed by atoms with Gasteiger partial charge in [-0.1, -0.05) is 36.4 Å². The summed E-state index contributed by atoms with van der Waals surface area (Å²) in [7, 11) is 1.71. The summed E-state index contributed by atoms with van der Waals surface area (Å²) in [6.07, 6.45) is 0.0849. The Morgan fingerprint density at radius 3 is 2.16 bits per heavy atom. The molecule has 1 spiro atoms. The van der Waals surface area contributed by atoms with Gasteiger partial charge in [0.05, 0.1) is 18.9 Å². The zero-order valence-corrected chi connectivity index (χ0v) is 18.4. The molecule has 1 unspecified atom stereocenters. The van der Waals surface area contributed by atoms with Crippen LogP contribution >= 0.6 is 0 Å². The monoisotopic (exact) mass is 438 g/mol. The second kappa shape index (κ2) is 8.27. The van der Waals surface area contributed by atoms with Crippen molar-refractivity contribution in [2.45, 2.75) is 37.8 Å². The molecule has 8 nitrogen and oxygen atoms in total. The molecule has 0 radical (unpaired) electrons. The molecule has 1 amide bonds. The van der Waals surface area contributed by atoms with Crippen LogP contribution in [0.2, 0.25) is 0 Å². The van der Waals surface area contributed by atoms with Crippen molar-refractivity contribution in [1.29, 1.82) is 0 Å². The third kappa shape index (κ3) is 3.05. The van der Waals surface area contributed by atoms with Gasteiger partial charge in [0, 0.05) is 24.7 Å². The summed E-state index contributed by atoms with van der Waals surface area (Å²) in [5.74, 6) is -1.87. The van der Waals surface area contributed by atoms with Gasteiger partial charge in [-0.2, -0.15) is 0 Å². The highest BCUT2D eigenvalue weighted by Gasteiger charge is 2.65. The van der Waals surface area contributed by atoms with Crippen molar-refractivity contribution < 1.29 is 28.7 Å². The summed E-state index contributed by atoms with van der Waals surface area (Å²) in [5, 5.41) is 1.40. The zero-order valence-electron chi connectivity index (χ0n) is 18.4. The molecule has 2 aromatic carbocycles. The first-order chi connectivity index (χ1) is 15.4. The topological polar surface area (TPSA) is 85.4 Å². The molecule has 2 aromatic rings. The Balaban J connectivity index is 1.90. The summed E-state index contributed by atoms with van der Waals surface area (Å²) in [4.78, 5) is 47.6. The van der Waals surface area contributed by atoms with Crippen LogP contribution < -0.4 is 9.96 Å². The van der Waals surface area contributed by atoms with E-state index < -0.39 is 23.1 Å². The average molecular weight is 438 g/mol. The minimum atomic E-state index is -2.01. The van der Waals surface area contributed by atoms with Gasteiger partial charge >= 0.3 is 11.9 Å². The Kier molecular flexibility index (Phi) is 5.64. The Morgan fingerprint density at radius 2 is 1.53 bits per heavy atom. The van der Waals surface area contributed by atoms with Gasteiger partial charge in [-0.25, -0.2) is 19.5 Å². The highest BCUT2D eigenvalue weighted by Crippen LogP contribution is 2.52. The van der Waals surface area contributed by atoms with Gasteiger partial charge in [-0.15, -0.1) is 0 Å². The molecule has 168 valence electrons. The van der Waals surface area contributed by atoms with Crippen LogP contribution in [0.5, 0.6) is 0 Å². The lowest BCUT2D eigenvalue weighted by atomic mass is 9.80. The van der Waals surface area contributed by atoms with E-state index in [9.17, 15) is 14.4 Å². The minimum absolute atomic E-state index is 0.0675. The molecule has 0 saturated carbocycles. The number of nitrogens with zero attached hydrogens (tertiary/aromatic N) is 2. The van der Waals surface area contributed by atoms with Crippen LogP contribution in [0, 0.1) is 0 Å². The minimum Gasteiger partial charge on any atom is -0.463 e. The zero-order chi connectivity index (χ0) is 22.9. The van der Waals surface area contributed by atoms with Crippen molar-refractivity contribution >= 4 is 29.2 Å². The Morgan fingerprint density at radius 1 is 0.938 bits per heavy atom. The van der Waals surface area contributed by atoms with Crippen LogP contribution in [0.15, 0.2) is 54.6 Å². The van der Waals surface area contributed by atoms with Crippen molar-refractivity contribution in [3.8, 4) is 0 Å². The standard InChI is InChI=1S/C24H26N2O6/c1-4-30-21(28)24(22(29)31-5-2)16-15-23(26(32-24)17-11-7-6-8-12-17)18-13-9-10-14-19(18)25(3)20(23)27/h6-14H,4-5,15-16H2,1-3H3. The van der Waals surface area contributed by atoms with Crippen LogP contribution in [-0.2, 0) is 34.2 Å². The normalized spacial score (nSPS) is 21.4. The van der Waals surface area contributed by atoms with Gasteiger partial charge in [-0.05, 0) is 38.5 Å². The highest BCUT2D eigenvalue weighted by atomic mass is 16.7. The van der Waals surface area contributed by atoms with E-state index in [1.807, 2.05) is 30.3 Å². The Labute approximate surface area is 186 Å². The Bertz CT molecular complexity index is 1020. The highest BCUT2D eigenvalue weighted by molar-refractivity contribution is 6.10. The first-order valence-corrected chi connectivity index (χ1v) is 10.7. The van der Waals surface area contributed by atoms with E-state index in [4.69, 9.17) is 14.3 Å². The number of hydrogen-bond acceptors (Lipinski definition) is 7. The molecular weight excluding hydrogens is 412 g/mol. The first-order valence-electron chi connectivity index (χ1n) is 10.7. The van der Waals surface area contributed by atoms with Crippen LogP contribution in [0.1, 0.15) is 32.3 Å². The molecule has 1 atom stereocenters. The predicted molar refractivity (Wildman–Crippen MR) is 117 cm³/mol. The molecule has 1 fully saturated rings. The predicted octanol–water partition coefficient (Wildman–Crippen LogP) is 2.96. The van der Waals surface area contributed by atoms with E-state index in [0.29, 0.717) is 5.69 Å².